The standard InChI is InChI=1S/C28H19ClF4N10O2/c29-20-4-6-23(42-14-35-38-39-42)25(26(20)31)16-2-5-22(43(45)13-16)24(10-18-7-8-40(37-18)28(32)33)41-12-17(11-36-41)15-1-3-19(27(34)44)21(30)9-15/h1-9,11-14,24,28H,10H2,(H2,34,44)/t24-/m1/s1. The molecule has 0 aliphatic rings. The van der Waals surface area contributed by atoms with Gasteiger partial charge in [-0.25, -0.2) is 13.5 Å². The van der Waals surface area contributed by atoms with Crippen LogP contribution in [-0.4, -0.2) is 45.7 Å². The highest BCUT2D eigenvalue weighted by atomic mass is 35.5. The van der Waals surface area contributed by atoms with Crippen LogP contribution in [0.4, 0.5) is 17.6 Å². The summed E-state index contributed by atoms with van der Waals surface area (Å²) < 4.78 is 59.9. The highest BCUT2D eigenvalue weighted by molar-refractivity contribution is 6.31. The minimum atomic E-state index is -2.88. The predicted molar refractivity (Wildman–Crippen MR) is 150 cm³/mol. The molecule has 2 N–H and O–H groups in total. The summed E-state index contributed by atoms with van der Waals surface area (Å²) in [6, 6.07) is 10.0. The Kier molecular flexibility index (Phi) is 7.72. The number of nitrogens with two attached hydrogens (primary N) is 1. The number of rotatable bonds is 9. The van der Waals surface area contributed by atoms with Gasteiger partial charge >= 0.3 is 6.55 Å². The molecule has 45 heavy (non-hydrogen) atoms. The average Bonchev–Trinajstić information content (AvgIpc) is 3.80. The molecule has 0 saturated heterocycles. The minimum Gasteiger partial charge on any atom is -0.618 e. The molecule has 0 radical (unpaired) electrons. The summed E-state index contributed by atoms with van der Waals surface area (Å²) >= 11 is 6.06. The third-order valence-electron chi connectivity index (χ3n) is 7.00. The Bertz CT molecular complexity index is 2030. The highest BCUT2D eigenvalue weighted by Crippen LogP contribution is 2.34. The molecule has 0 spiro atoms. The lowest BCUT2D eigenvalue weighted by molar-refractivity contribution is -0.615. The van der Waals surface area contributed by atoms with Gasteiger partial charge in [0.2, 0.25) is 5.69 Å². The van der Waals surface area contributed by atoms with Crippen molar-refractivity contribution < 1.29 is 27.1 Å². The number of halogens is 5. The van der Waals surface area contributed by atoms with Crippen molar-refractivity contribution in [1.29, 1.82) is 0 Å². The van der Waals surface area contributed by atoms with Crippen LogP contribution < -0.4 is 10.5 Å². The molecule has 228 valence electrons. The monoisotopic (exact) mass is 638 g/mol. The van der Waals surface area contributed by atoms with Crippen molar-refractivity contribution in [3.05, 3.63) is 118 Å². The van der Waals surface area contributed by atoms with Gasteiger partial charge in [-0.05, 0) is 52.4 Å². The number of pyridine rings is 1. The van der Waals surface area contributed by atoms with Gasteiger partial charge in [0.05, 0.1) is 39.3 Å². The first-order valence-corrected chi connectivity index (χ1v) is 13.4. The molecule has 0 aliphatic heterocycles. The number of benzene rings is 2. The first-order chi connectivity index (χ1) is 21.6. The molecule has 1 atom stereocenters. The average molecular weight is 639 g/mol. The zero-order valence-electron chi connectivity index (χ0n) is 22.7. The number of nitrogens with zero attached hydrogens (tertiary/aromatic N) is 9. The Morgan fingerprint density at radius 2 is 1.84 bits per heavy atom. The second kappa shape index (κ2) is 11.8. The van der Waals surface area contributed by atoms with Crippen LogP contribution in [0.25, 0.3) is 27.9 Å². The molecule has 1 amide bonds. The Morgan fingerprint density at radius 1 is 1.04 bits per heavy atom. The van der Waals surface area contributed by atoms with E-state index in [2.05, 4.69) is 25.7 Å². The largest absolute Gasteiger partial charge is 0.618 e. The number of amides is 1. The molecule has 4 heterocycles. The van der Waals surface area contributed by atoms with Crippen LogP contribution in [0.1, 0.15) is 34.3 Å². The minimum absolute atomic E-state index is 0.0408. The molecule has 0 unspecified atom stereocenters. The second-order valence-electron chi connectivity index (χ2n) is 9.73. The molecule has 0 fully saturated rings. The van der Waals surface area contributed by atoms with E-state index in [-0.39, 0.29) is 45.2 Å². The summed E-state index contributed by atoms with van der Waals surface area (Å²) in [5.41, 5.74) is 6.34. The zero-order valence-corrected chi connectivity index (χ0v) is 23.4. The number of carbonyl (C=O) groups is 1. The topological polar surface area (TPSA) is 149 Å². The lowest BCUT2D eigenvalue weighted by atomic mass is 10.0. The second-order valence-corrected chi connectivity index (χ2v) is 10.1. The van der Waals surface area contributed by atoms with Gasteiger partial charge in [0.15, 0.2) is 12.0 Å². The van der Waals surface area contributed by atoms with Crippen LogP contribution in [0.5, 0.6) is 0 Å². The summed E-state index contributed by atoms with van der Waals surface area (Å²) in [6.45, 7) is -2.88. The summed E-state index contributed by atoms with van der Waals surface area (Å²) in [7, 11) is 0. The van der Waals surface area contributed by atoms with Gasteiger partial charge in [-0.3, -0.25) is 9.48 Å². The Balaban J connectivity index is 1.42. The fraction of sp³-hybridized carbons (Fsp3) is 0.107. The maximum absolute atomic E-state index is 15.3. The molecule has 0 saturated carbocycles. The van der Waals surface area contributed by atoms with Crippen molar-refractivity contribution in [1.82, 2.24) is 39.8 Å². The van der Waals surface area contributed by atoms with Crippen molar-refractivity contribution >= 4 is 17.5 Å². The normalized spacial score (nSPS) is 12.1. The number of tetrazole rings is 1. The van der Waals surface area contributed by atoms with Crippen molar-refractivity contribution in [2.75, 3.05) is 0 Å². The fourth-order valence-corrected chi connectivity index (χ4v) is 5.01. The quantitative estimate of drug-likeness (QED) is 0.141. The SMILES string of the molecule is NC(=O)c1ccc(-c2cnn([C@H](Cc3ccn(C(F)F)n3)c3ccc(-c4c(-n5cnnn5)ccc(Cl)c4F)c[n+]3[O-])c2)cc1F. The van der Waals surface area contributed by atoms with E-state index >= 15 is 4.39 Å². The maximum atomic E-state index is 15.3. The van der Waals surface area contributed by atoms with E-state index in [0.717, 1.165) is 18.5 Å². The molecule has 6 rings (SSSR count). The number of hydrogen-bond acceptors (Lipinski definition) is 7. The maximum Gasteiger partial charge on any atom is 0.333 e. The van der Waals surface area contributed by atoms with Crippen molar-refractivity contribution in [2.24, 2.45) is 5.73 Å². The van der Waals surface area contributed by atoms with E-state index in [0.29, 0.717) is 20.5 Å². The molecule has 17 heteroatoms. The number of hydrogen-bond donors (Lipinski definition) is 1. The lowest BCUT2D eigenvalue weighted by Gasteiger charge is -2.18. The molecular weight excluding hydrogens is 620 g/mol. The Hall–Kier alpha value is -5.64. The molecule has 6 aromatic rings. The first-order valence-electron chi connectivity index (χ1n) is 13.0. The van der Waals surface area contributed by atoms with E-state index in [1.165, 1.54) is 70.5 Å². The molecule has 4 aromatic heterocycles. The van der Waals surface area contributed by atoms with Gasteiger partial charge in [0.1, 0.15) is 18.2 Å². The van der Waals surface area contributed by atoms with Crippen LogP contribution in [0, 0.1) is 16.8 Å². The molecular formula is C28H19ClF4N10O2. The third kappa shape index (κ3) is 5.70. The van der Waals surface area contributed by atoms with Crippen LogP contribution in [0.3, 0.4) is 0 Å². The van der Waals surface area contributed by atoms with Gasteiger partial charge in [-0.2, -0.15) is 28.4 Å². The van der Waals surface area contributed by atoms with E-state index in [1.807, 2.05) is 0 Å². The number of carbonyl (C=O) groups excluding carboxylic acids is 1. The Labute approximate surface area is 255 Å². The molecule has 2 aromatic carbocycles. The first kappa shape index (κ1) is 29.4. The highest BCUT2D eigenvalue weighted by Gasteiger charge is 2.27. The number of primary amides is 1. The van der Waals surface area contributed by atoms with Crippen LogP contribution in [0.15, 0.2) is 79.6 Å². The summed E-state index contributed by atoms with van der Waals surface area (Å²) in [5, 5.41) is 32.6. The summed E-state index contributed by atoms with van der Waals surface area (Å²) in [6.07, 6.45) is 6.36. The number of alkyl halides is 2. The van der Waals surface area contributed by atoms with E-state index in [4.69, 9.17) is 17.3 Å². The fourth-order valence-electron chi connectivity index (χ4n) is 4.85. The third-order valence-corrected chi connectivity index (χ3v) is 7.29. The van der Waals surface area contributed by atoms with Crippen LogP contribution in [0.2, 0.25) is 5.02 Å². The van der Waals surface area contributed by atoms with E-state index < -0.39 is 30.1 Å². The van der Waals surface area contributed by atoms with Crippen LogP contribution >= 0.6 is 11.6 Å². The van der Waals surface area contributed by atoms with Gasteiger partial charge in [-0.1, -0.05) is 17.7 Å². The summed E-state index contributed by atoms with van der Waals surface area (Å²) in [4.78, 5) is 11.4. The van der Waals surface area contributed by atoms with Gasteiger partial charge in [0, 0.05) is 30.4 Å². The van der Waals surface area contributed by atoms with Crippen LogP contribution in [-0.2, 0) is 6.42 Å². The Morgan fingerprint density at radius 3 is 2.51 bits per heavy atom. The van der Waals surface area contributed by atoms with E-state index in [1.54, 1.807) is 0 Å². The van der Waals surface area contributed by atoms with Crippen molar-refractivity contribution in [3.63, 3.8) is 0 Å². The molecule has 0 aliphatic carbocycles. The molecule has 12 nitrogen and oxygen atoms in total. The van der Waals surface area contributed by atoms with Crippen molar-refractivity contribution in [2.45, 2.75) is 19.0 Å². The predicted octanol–water partition coefficient (Wildman–Crippen LogP) is 4.28. The zero-order chi connectivity index (χ0) is 31.8. The smallest absolute Gasteiger partial charge is 0.333 e. The van der Waals surface area contributed by atoms with Gasteiger partial charge in [0.25, 0.3) is 5.91 Å². The van der Waals surface area contributed by atoms with Gasteiger partial charge in [-0.15, -0.1) is 5.10 Å². The van der Waals surface area contributed by atoms with E-state index in [9.17, 15) is 23.2 Å². The summed E-state index contributed by atoms with van der Waals surface area (Å²) in [5.74, 6) is -2.56. The molecule has 0 bridgehead atoms. The number of aromatic nitrogens is 9. The van der Waals surface area contributed by atoms with Crippen molar-refractivity contribution in [3.8, 4) is 27.9 Å². The van der Waals surface area contributed by atoms with Gasteiger partial charge < -0.3 is 10.9 Å². The lowest BCUT2D eigenvalue weighted by Crippen LogP contribution is -2.36.